The van der Waals surface area contributed by atoms with Gasteiger partial charge in [-0.3, -0.25) is 0 Å². The third-order valence-corrected chi connectivity index (χ3v) is 16.2. The zero-order chi connectivity index (χ0) is 52.6. The largest absolute Gasteiger partial charge is 0.456 e. The van der Waals surface area contributed by atoms with E-state index in [-0.39, 0.29) is 0 Å². The van der Waals surface area contributed by atoms with Crippen molar-refractivity contribution in [3.8, 4) is 77.9 Å². The average molecular weight is 1010 g/mol. The minimum Gasteiger partial charge on any atom is -0.456 e. The molecule has 15 rings (SSSR count). The first-order chi connectivity index (χ1) is 39.1. The van der Waals surface area contributed by atoms with Crippen molar-refractivity contribution in [2.45, 2.75) is 6.92 Å². The van der Waals surface area contributed by atoms with Gasteiger partial charge in [0.25, 0.3) is 0 Å². The van der Waals surface area contributed by atoms with Crippen LogP contribution in [0.25, 0.3) is 166 Å². The summed E-state index contributed by atoms with van der Waals surface area (Å²) in [5.41, 5.74) is 20.2. The van der Waals surface area contributed by atoms with Gasteiger partial charge in [0.05, 0.1) is 0 Å². The van der Waals surface area contributed by atoms with Crippen LogP contribution in [0.2, 0.25) is 0 Å². The second-order valence-corrected chi connectivity index (χ2v) is 20.5. The minimum atomic E-state index is 0.775. The van der Waals surface area contributed by atoms with Gasteiger partial charge in [0, 0.05) is 21.7 Å². The molecule has 2 nitrogen and oxygen atoms in total. The molecule has 370 valence electrons. The molecule has 2 heteroatoms. The Hall–Kier alpha value is -10.3. The van der Waals surface area contributed by atoms with Gasteiger partial charge < -0.3 is 8.83 Å². The molecule has 2 heterocycles. The van der Waals surface area contributed by atoms with Crippen LogP contribution in [0.15, 0.2) is 276 Å². The molecular weight excluding hydrogens is 957 g/mol. The Bertz CT molecular complexity index is 4910. The first-order valence-corrected chi connectivity index (χ1v) is 27.1. The molecule has 0 amide bonds. The first-order valence-electron chi connectivity index (χ1n) is 27.1. The molecule has 15 aromatic rings. The number of fused-ring (bicyclic) bond motifs is 8. The van der Waals surface area contributed by atoms with Crippen molar-refractivity contribution in [3.05, 3.63) is 279 Å². The van der Waals surface area contributed by atoms with Crippen LogP contribution in [-0.4, -0.2) is 0 Å². The molecule has 0 radical (unpaired) electrons. The Balaban J connectivity index is 0.894. The van der Waals surface area contributed by atoms with Gasteiger partial charge in [-0.25, -0.2) is 0 Å². The van der Waals surface area contributed by atoms with Gasteiger partial charge in [-0.1, -0.05) is 237 Å². The summed E-state index contributed by atoms with van der Waals surface area (Å²) in [5.74, 6) is 0.775. The summed E-state index contributed by atoms with van der Waals surface area (Å²) in [6.45, 7) is 6.12. The Morgan fingerprint density at radius 3 is 1.30 bits per heavy atom. The predicted molar refractivity (Wildman–Crippen MR) is 336 cm³/mol. The van der Waals surface area contributed by atoms with Gasteiger partial charge in [-0.2, -0.15) is 0 Å². The number of para-hydroxylation sites is 1. The van der Waals surface area contributed by atoms with Crippen molar-refractivity contribution in [3.63, 3.8) is 0 Å². The van der Waals surface area contributed by atoms with Gasteiger partial charge in [0.2, 0.25) is 0 Å². The van der Waals surface area contributed by atoms with Crippen molar-refractivity contribution >= 4 is 88.1 Å². The molecular formula is C77H50O2. The maximum absolute atomic E-state index is 6.50. The van der Waals surface area contributed by atoms with Crippen LogP contribution in [-0.2, 0) is 0 Å². The van der Waals surface area contributed by atoms with E-state index >= 15 is 0 Å². The lowest BCUT2D eigenvalue weighted by atomic mass is 9.82. The molecule has 0 aliphatic carbocycles. The van der Waals surface area contributed by atoms with Crippen molar-refractivity contribution in [1.29, 1.82) is 0 Å². The second kappa shape index (κ2) is 18.8. The Morgan fingerprint density at radius 1 is 0.278 bits per heavy atom. The van der Waals surface area contributed by atoms with Crippen LogP contribution in [0, 0.1) is 0 Å². The van der Waals surface area contributed by atoms with Crippen LogP contribution in [0.5, 0.6) is 0 Å². The summed E-state index contributed by atoms with van der Waals surface area (Å²) in [6.07, 6.45) is 5.96. The number of hydrogen-bond donors (Lipinski definition) is 0. The molecule has 0 spiro atoms. The number of rotatable bonds is 9. The Morgan fingerprint density at radius 2 is 0.696 bits per heavy atom. The summed E-state index contributed by atoms with van der Waals surface area (Å²) >= 11 is 0. The smallest absolute Gasteiger partial charge is 0.136 e. The number of benzene rings is 13. The molecule has 0 bridgehead atoms. The van der Waals surface area contributed by atoms with E-state index in [2.05, 4.69) is 261 Å². The molecule has 0 atom stereocenters. The summed E-state index contributed by atoms with van der Waals surface area (Å²) in [6, 6.07) is 93.2. The van der Waals surface area contributed by atoms with E-state index in [1.165, 1.54) is 98.7 Å². The summed E-state index contributed by atoms with van der Waals surface area (Å²) in [5, 5.41) is 12.9. The van der Waals surface area contributed by atoms with Crippen molar-refractivity contribution in [2.75, 3.05) is 0 Å². The lowest BCUT2D eigenvalue weighted by Crippen LogP contribution is -1.94. The normalized spacial score (nSPS) is 11.9. The molecule has 13 aromatic carbocycles. The van der Waals surface area contributed by atoms with Crippen molar-refractivity contribution in [2.24, 2.45) is 0 Å². The Labute approximate surface area is 458 Å². The quantitative estimate of drug-likeness (QED) is 0.135. The predicted octanol–water partition coefficient (Wildman–Crippen LogP) is 22.3. The lowest BCUT2D eigenvalue weighted by molar-refractivity contribution is 0.603. The fourth-order valence-electron chi connectivity index (χ4n) is 12.7. The van der Waals surface area contributed by atoms with E-state index in [1.54, 1.807) is 6.08 Å². The molecule has 0 fully saturated rings. The number of allylic oxidation sites excluding steroid dienone is 1. The second-order valence-electron chi connectivity index (χ2n) is 20.5. The summed E-state index contributed by atoms with van der Waals surface area (Å²) in [7, 11) is 0. The third kappa shape index (κ3) is 7.48. The lowest BCUT2D eigenvalue weighted by Gasteiger charge is -2.21. The van der Waals surface area contributed by atoms with E-state index in [0.717, 1.165) is 66.5 Å². The highest BCUT2D eigenvalue weighted by molar-refractivity contribution is 6.25. The highest BCUT2D eigenvalue weighted by atomic mass is 16.3. The maximum Gasteiger partial charge on any atom is 0.136 e. The monoisotopic (exact) mass is 1010 g/mol. The molecule has 0 saturated carbocycles. The SMILES string of the molecule is C=Cc1oc2cc(-c3c4ccccc4c(-c4ccccc4-c4ccccc4)c4cc(-c5ccc(-c6ccccc6-c6c7ccccc7c(-c7ccc8oc9ccccc9c8c7)c7ccccc67)cc5)ccc34)ccc2c1/C=C\C. The standard InChI is InChI=1S/C77H50O2/c1-3-20-56-58-42-40-53(47-73(58)78-70(56)4-2)75-63-30-14-17-33-66(63)77(60-27-11-8-23-54(60)49-21-6-5-7-22-49)69-45-51(39-43-67(69)75)48-35-37-50(38-36-48)55-24-9-10-26-59(55)76-64-31-15-12-28-61(64)74(62-29-13-16-32-65(62)76)52-41-44-72-68(46-52)57-25-18-19-34-71(57)79-72/h3-47H,2H2,1H3/b20-3-. The molecule has 79 heavy (non-hydrogen) atoms. The zero-order valence-corrected chi connectivity index (χ0v) is 43.5. The van der Waals surface area contributed by atoms with Gasteiger partial charge >= 0.3 is 0 Å². The maximum atomic E-state index is 6.50. The van der Waals surface area contributed by atoms with Crippen molar-refractivity contribution in [1.82, 2.24) is 0 Å². The fraction of sp³-hybridized carbons (Fsp3) is 0.0130. The van der Waals surface area contributed by atoms with Gasteiger partial charge in [0.15, 0.2) is 0 Å². The highest BCUT2D eigenvalue weighted by Crippen LogP contribution is 2.50. The van der Waals surface area contributed by atoms with Crippen LogP contribution < -0.4 is 0 Å². The number of furan rings is 2. The van der Waals surface area contributed by atoms with Gasteiger partial charge in [-0.05, 0) is 170 Å². The molecule has 0 unspecified atom stereocenters. The molecule has 0 aliphatic heterocycles. The van der Waals surface area contributed by atoms with E-state index in [9.17, 15) is 0 Å². The average Bonchev–Trinajstić information content (AvgIpc) is 4.13. The molecule has 0 saturated heterocycles. The highest BCUT2D eigenvalue weighted by Gasteiger charge is 2.23. The van der Waals surface area contributed by atoms with E-state index in [0.29, 0.717) is 0 Å². The van der Waals surface area contributed by atoms with E-state index in [4.69, 9.17) is 8.83 Å². The van der Waals surface area contributed by atoms with Gasteiger partial charge in [-0.15, -0.1) is 0 Å². The Kier molecular flexibility index (Phi) is 10.9. The first kappa shape index (κ1) is 46.1. The minimum absolute atomic E-state index is 0.775. The van der Waals surface area contributed by atoms with Crippen LogP contribution >= 0.6 is 0 Å². The van der Waals surface area contributed by atoms with E-state index in [1.807, 2.05) is 19.1 Å². The summed E-state index contributed by atoms with van der Waals surface area (Å²) in [4.78, 5) is 0. The third-order valence-electron chi connectivity index (χ3n) is 16.2. The topological polar surface area (TPSA) is 26.3 Å². The molecule has 0 aliphatic rings. The molecule has 2 aromatic heterocycles. The number of hydrogen-bond acceptors (Lipinski definition) is 2. The van der Waals surface area contributed by atoms with Crippen LogP contribution in [0.4, 0.5) is 0 Å². The summed E-state index contributed by atoms with van der Waals surface area (Å²) < 4.78 is 12.8. The molecule has 0 N–H and O–H groups in total. The van der Waals surface area contributed by atoms with Crippen LogP contribution in [0.3, 0.4) is 0 Å². The van der Waals surface area contributed by atoms with E-state index < -0.39 is 0 Å². The fourth-order valence-corrected chi connectivity index (χ4v) is 12.7. The van der Waals surface area contributed by atoms with Crippen LogP contribution in [0.1, 0.15) is 18.2 Å². The van der Waals surface area contributed by atoms with Gasteiger partial charge in [0.1, 0.15) is 22.5 Å². The van der Waals surface area contributed by atoms with Crippen molar-refractivity contribution < 1.29 is 8.83 Å². The zero-order valence-electron chi connectivity index (χ0n) is 43.5.